The van der Waals surface area contributed by atoms with Crippen LogP contribution in [-0.2, 0) is 11.3 Å². The van der Waals surface area contributed by atoms with Crippen molar-refractivity contribution in [1.29, 1.82) is 0 Å². The van der Waals surface area contributed by atoms with Gasteiger partial charge in [-0.2, -0.15) is 0 Å². The van der Waals surface area contributed by atoms with Crippen molar-refractivity contribution in [1.82, 2.24) is 10.6 Å². The van der Waals surface area contributed by atoms with Crippen LogP contribution < -0.4 is 10.6 Å². The standard InChI is InChI=1S/C18H28N2O2/c1-13-11-16(13)17-8-7-15(22-17)12-19-10-9-18(21)20-14-5-3-2-4-6-14/h7-8,13-14,16,19H,2-6,9-12H2,1H3,(H,20,21). The molecule has 4 heteroatoms. The van der Waals surface area contributed by atoms with Gasteiger partial charge < -0.3 is 15.1 Å². The molecule has 0 spiro atoms. The first-order valence-corrected chi connectivity index (χ1v) is 8.81. The summed E-state index contributed by atoms with van der Waals surface area (Å²) in [5, 5.41) is 6.45. The van der Waals surface area contributed by atoms with Crippen LogP contribution in [0.1, 0.15) is 69.3 Å². The molecule has 2 fully saturated rings. The Bertz CT molecular complexity index is 491. The first-order valence-electron chi connectivity index (χ1n) is 8.81. The molecular weight excluding hydrogens is 276 g/mol. The molecule has 22 heavy (non-hydrogen) atoms. The summed E-state index contributed by atoms with van der Waals surface area (Å²) in [6.07, 6.45) is 7.92. The van der Waals surface area contributed by atoms with Crippen molar-refractivity contribution in [2.75, 3.05) is 6.54 Å². The van der Waals surface area contributed by atoms with Gasteiger partial charge in [-0.15, -0.1) is 0 Å². The second-order valence-corrected chi connectivity index (χ2v) is 6.95. The minimum atomic E-state index is 0.173. The zero-order chi connectivity index (χ0) is 15.4. The van der Waals surface area contributed by atoms with Crippen molar-refractivity contribution in [3.8, 4) is 0 Å². The average molecular weight is 304 g/mol. The predicted octanol–water partition coefficient (Wildman–Crippen LogP) is 3.33. The molecule has 1 aromatic rings. The Kier molecular flexibility index (Phi) is 5.19. The van der Waals surface area contributed by atoms with E-state index in [0.29, 0.717) is 31.5 Å². The number of amides is 1. The largest absolute Gasteiger partial charge is 0.464 e. The van der Waals surface area contributed by atoms with Crippen LogP contribution in [-0.4, -0.2) is 18.5 Å². The molecule has 1 aromatic heterocycles. The van der Waals surface area contributed by atoms with Crippen molar-refractivity contribution in [2.24, 2.45) is 5.92 Å². The van der Waals surface area contributed by atoms with E-state index in [-0.39, 0.29) is 5.91 Å². The van der Waals surface area contributed by atoms with Crippen LogP contribution in [0.3, 0.4) is 0 Å². The molecule has 3 rings (SSSR count). The summed E-state index contributed by atoms with van der Waals surface area (Å²) in [7, 11) is 0. The predicted molar refractivity (Wildman–Crippen MR) is 86.6 cm³/mol. The van der Waals surface area contributed by atoms with Crippen LogP contribution in [0.5, 0.6) is 0 Å². The third kappa shape index (κ3) is 4.35. The Morgan fingerprint density at radius 1 is 1.27 bits per heavy atom. The lowest BCUT2D eigenvalue weighted by atomic mass is 9.95. The molecule has 0 radical (unpaired) electrons. The Labute approximate surface area is 133 Å². The lowest BCUT2D eigenvalue weighted by Gasteiger charge is -2.22. The molecular formula is C18H28N2O2. The van der Waals surface area contributed by atoms with Crippen LogP contribution in [0.4, 0.5) is 0 Å². The van der Waals surface area contributed by atoms with E-state index in [1.165, 1.54) is 25.7 Å². The summed E-state index contributed by atoms with van der Waals surface area (Å²) < 4.78 is 5.84. The van der Waals surface area contributed by atoms with Gasteiger partial charge in [0.05, 0.1) is 6.54 Å². The number of furan rings is 1. The van der Waals surface area contributed by atoms with Crippen LogP contribution in [0.15, 0.2) is 16.5 Å². The molecule has 2 aliphatic carbocycles. The number of rotatable bonds is 7. The van der Waals surface area contributed by atoms with Gasteiger partial charge in [0, 0.05) is 24.9 Å². The molecule has 2 N–H and O–H groups in total. The quantitative estimate of drug-likeness (QED) is 0.760. The number of nitrogens with one attached hydrogen (secondary N) is 2. The molecule has 2 atom stereocenters. The Morgan fingerprint density at radius 3 is 2.77 bits per heavy atom. The maximum absolute atomic E-state index is 11.9. The smallest absolute Gasteiger partial charge is 0.221 e. The lowest BCUT2D eigenvalue weighted by molar-refractivity contribution is -0.121. The van der Waals surface area contributed by atoms with E-state index in [9.17, 15) is 4.79 Å². The highest BCUT2D eigenvalue weighted by Crippen LogP contribution is 2.47. The summed E-state index contributed by atoms with van der Waals surface area (Å²) >= 11 is 0. The van der Waals surface area contributed by atoms with Gasteiger partial charge in [-0.3, -0.25) is 4.79 Å². The van der Waals surface area contributed by atoms with Crippen molar-refractivity contribution in [2.45, 2.75) is 70.4 Å². The number of carbonyl (C=O) groups is 1. The summed E-state index contributed by atoms with van der Waals surface area (Å²) in [5.74, 6) is 3.68. The minimum Gasteiger partial charge on any atom is -0.464 e. The fourth-order valence-electron chi connectivity index (χ4n) is 3.37. The zero-order valence-electron chi connectivity index (χ0n) is 13.6. The Balaban J connectivity index is 1.29. The van der Waals surface area contributed by atoms with Crippen LogP contribution >= 0.6 is 0 Å². The summed E-state index contributed by atoms with van der Waals surface area (Å²) in [4.78, 5) is 11.9. The van der Waals surface area contributed by atoms with Crippen LogP contribution in [0.2, 0.25) is 0 Å². The van der Waals surface area contributed by atoms with Gasteiger partial charge >= 0.3 is 0 Å². The highest BCUT2D eigenvalue weighted by Gasteiger charge is 2.36. The second kappa shape index (κ2) is 7.32. The van der Waals surface area contributed by atoms with Gasteiger partial charge in [0.25, 0.3) is 0 Å². The Hall–Kier alpha value is -1.29. The zero-order valence-corrected chi connectivity index (χ0v) is 13.6. The van der Waals surface area contributed by atoms with Gasteiger partial charge in [-0.1, -0.05) is 26.2 Å². The summed E-state index contributed by atoms with van der Waals surface area (Å²) in [6.45, 7) is 3.67. The van der Waals surface area contributed by atoms with Gasteiger partial charge in [-0.05, 0) is 37.3 Å². The van der Waals surface area contributed by atoms with Crippen molar-refractivity contribution in [3.63, 3.8) is 0 Å². The highest BCUT2D eigenvalue weighted by molar-refractivity contribution is 5.76. The average Bonchev–Trinajstić information content (AvgIpc) is 3.07. The lowest BCUT2D eigenvalue weighted by Crippen LogP contribution is -2.37. The van der Waals surface area contributed by atoms with E-state index in [0.717, 1.165) is 30.3 Å². The van der Waals surface area contributed by atoms with Gasteiger partial charge in [-0.25, -0.2) is 0 Å². The maximum atomic E-state index is 11.9. The fourth-order valence-corrected chi connectivity index (χ4v) is 3.37. The van der Waals surface area contributed by atoms with E-state index >= 15 is 0 Å². The number of hydrogen-bond donors (Lipinski definition) is 2. The minimum absolute atomic E-state index is 0.173. The van der Waals surface area contributed by atoms with E-state index in [1.807, 2.05) is 0 Å². The number of hydrogen-bond acceptors (Lipinski definition) is 3. The molecule has 122 valence electrons. The topological polar surface area (TPSA) is 54.3 Å². The molecule has 1 amide bonds. The van der Waals surface area contributed by atoms with Crippen molar-refractivity contribution >= 4 is 5.91 Å². The Morgan fingerprint density at radius 2 is 2.05 bits per heavy atom. The second-order valence-electron chi connectivity index (χ2n) is 6.95. The SMILES string of the molecule is CC1CC1c1ccc(CNCCC(=O)NC2CCCCC2)o1. The summed E-state index contributed by atoms with van der Waals surface area (Å²) in [6, 6.07) is 4.56. The van der Waals surface area contributed by atoms with E-state index in [4.69, 9.17) is 4.42 Å². The van der Waals surface area contributed by atoms with Gasteiger partial charge in [0.1, 0.15) is 11.5 Å². The number of carbonyl (C=O) groups excluding carboxylic acids is 1. The first-order chi connectivity index (χ1) is 10.7. The monoisotopic (exact) mass is 304 g/mol. The van der Waals surface area contributed by atoms with Gasteiger partial charge in [0.15, 0.2) is 0 Å². The molecule has 0 saturated heterocycles. The van der Waals surface area contributed by atoms with Gasteiger partial charge in [0.2, 0.25) is 5.91 Å². The molecule has 2 saturated carbocycles. The molecule has 0 aliphatic heterocycles. The molecule has 1 heterocycles. The normalized spacial score (nSPS) is 25.1. The molecule has 0 aromatic carbocycles. The maximum Gasteiger partial charge on any atom is 0.221 e. The van der Waals surface area contributed by atoms with Crippen molar-refractivity contribution in [3.05, 3.63) is 23.7 Å². The third-order valence-electron chi connectivity index (χ3n) is 4.96. The first kappa shape index (κ1) is 15.6. The molecule has 4 nitrogen and oxygen atoms in total. The fraction of sp³-hybridized carbons (Fsp3) is 0.722. The van der Waals surface area contributed by atoms with E-state index in [1.54, 1.807) is 0 Å². The molecule has 2 aliphatic rings. The molecule has 2 unspecified atom stereocenters. The molecule has 0 bridgehead atoms. The van der Waals surface area contributed by atoms with Crippen molar-refractivity contribution < 1.29 is 9.21 Å². The van der Waals surface area contributed by atoms with E-state index < -0.39 is 0 Å². The van der Waals surface area contributed by atoms with E-state index in [2.05, 4.69) is 29.7 Å². The van der Waals surface area contributed by atoms with Crippen LogP contribution in [0.25, 0.3) is 0 Å². The van der Waals surface area contributed by atoms with Crippen LogP contribution in [0, 0.1) is 5.92 Å². The third-order valence-corrected chi connectivity index (χ3v) is 4.96. The summed E-state index contributed by atoms with van der Waals surface area (Å²) in [5.41, 5.74) is 0. The highest BCUT2D eigenvalue weighted by atomic mass is 16.3.